The highest BCUT2D eigenvalue weighted by Gasteiger charge is 2.26. The molecule has 2 rings (SSSR count). The van der Waals surface area contributed by atoms with Gasteiger partial charge >= 0.3 is 0 Å². The van der Waals surface area contributed by atoms with E-state index in [9.17, 15) is 22.9 Å². The Labute approximate surface area is 155 Å². The van der Waals surface area contributed by atoms with Crippen molar-refractivity contribution in [1.29, 1.82) is 0 Å². The van der Waals surface area contributed by atoms with Crippen LogP contribution in [0.25, 0.3) is 0 Å². The van der Waals surface area contributed by atoms with E-state index in [0.29, 0.717) is 5.75 Å². The highest BCUT2D eigenvalue weighted by Crippen LogP contribution is 2.30. The quantitative estimate of drug-likeness (QED) is 0.523. The Balaban J connectivity index is 2.13. The first-order valence-electron chi connectivity index (χ1n) is 7.42. The molecule has 0 heterocycles. The Morgan fingerprint density at radius 1 is 1.27 bits per heavy atom. The Bertz CT molecular complexity index is 919. The van der Waals surface area contributed by atoms with Crippen molar-refractivity contribution in [1.82, 2.24) is 4.31 Å². The number of benzene rings is 2. The van der Waals surface area contributed by atoms with Crippen LogP contribution in [0.1, 0.15) is 5.56 Å². The topological polar surface area (TPSA) is 89.8 Å². The molecule has 0 saturated heterocycles. The number of ether oxygens (including phenoxy) is 1. The Morgan fingerprint density at radius 2 is 1.88 bits per heavy atom. The van der Waals surface area contributed by atoms with Gasteiger partial charge < -0.3 is 4.74 Å². The number of nitrogens with zero attached hydrogens (tertiary/aromatic N) is 2. The fraction of sp³-hybridized carbons (Fsp3) is 0.250. The lowest BCUT2D eigenvalue weighted by Crippen LogP contribution is -2.31. The molecule has 10 heteroatoms. The van der Waals surface area contributed by atoms with Crippen LogP contribution in [-0.4, -0.2) is 37.8 Å². The van der Waals surface area contributed by atoms with Gasteiger partial charge in [0.25, 0.3) is 5.69 Å². The lowest BCUT2D eigenvalue weighted by atomic mass is 10.2. The van der Waals surface area contributed by atoms with Gasteiger partial charge in [-0.25, -0.2) is 12.8 Å². The molecule has 140 valence electrons. The van der Waals surface area contributed by atoms with Crippen molar-refractivity contribution in [3.8, 4) is 5.75 Å². The van der Waals surface area contributed by atoms with Crippen molar-refractivity contribution >= 4 is 27.3 Å². The van der Waals surface area contributed by atoms with Gasteiger partial charge in [-0.05, 0) is 37.3 Å². The molecule has 0 saturated carbocycles. The summed E-state index contributed by atoms with van der Waals surface area (Å²) in [5.74, 6) is -0.0129. The van der Waals surface area contributed by atoms with Gasteiger partial charge in [0.1, 0.15) is 18.2 Å². The Hall–Kier alpha value is -2.23. The van der Waals surface area contributed by atoms with E-state index in [1.165, 1.54) is 44.3 Å². The summed E-state index contributed by atoms with van der Waals surface area (Å²) in [7, 11) is -2.67. The van der Waals surface area contributed by atoms with Crippen molar-refractivity contribution in [2.24, 2.45) is 0 Å². The zero-order valence-electron chi connectivity index (χ0n) is 14.0. The number of halogens is 2. The third kappa shape index (κ3) is 4.48. The number of hydrogen-bond donors (Lipinski definition) is 0. The van der Waals surface area contributed by atoms with Crippen LogP contribution in [0.3, 0.4) is 0 Å². The number of hydrogen-bond acceptors (Lipinski definition) is 5. The zero-order valence-corrected chi connectivity index (χ0v) is 15.6. The number of rotatable bonds is 7. The second-order valence-electron chi connectivity index (χ2n) is 5.44. The monoisotopic (exact) mass is 402 g/mol. The molecule has 0 aromatic heterocycles. The molecule has 0 amide bonds. The molecule has 0 unspecified atom stereocenters. The first kappa shape index (κ1) is 20.1. The average Bonchev–Trinajstić information content (AvgIpc) is 2.58. The minimum atomic E-state index is -3.99. The molecule has 26 heavy (non-hydrogen) atoms. The predicted molar refractivity (Wildman–Crippen MR) is 94.6 cm³/mol. The van der Waals surface area contributed by atoms with E-state index in [1.807, 2.05) is 0 Å². The summed E-state index contributed by atoms with van der Waals surface area (Å²) in [6.45, 7) is 1.44. The van der Waals surface area contributed by atoms with E-state index < -0.39 is 20.8 Å². The van der Waals surface area contributed by atoms with Crippen LogP contribution in [0.2, 0.25) is 5.02 Å². The Morgan fingerprint density at radius 3 is 2.46 bits per heavy atom. The summed E-state index contributed by atoms with van der Waals surface area (Å²) in [6, 6.07) is 7.46. The number of sulfonamides is 1. The SMILES string of the molecule is Cc1c(Cl)cc(S(=O)(=O)N(C)CCOc2ccc(F)cc2)cc1[N+](=O)[O-]. The van der Waals surface area contributed by atoms with Gasteiger partial charge in [-0.1, -0.05) is 11.6 Å². The maximum Gasteiger partial charge on any atom is 0.275 e. The van der Waals surface area contributed by atoms with Gasteiger partial charge in [0.2, 0.25) is 10.0 Å². The van der Waals surface area contributed by atoms with Crippen molar-refractivity contribution in [3.63, 3.8) is 0 Å². The summed E-state index contributed by atoms with van der Waals surface area (Å²) in [5.41, 5.74) is -0.176. The van der Waals surface area contributed by atoms with Gasteiger partial charge in [-0.15, -0.1) is 0 Å². The first-order chi connectivity index (χ1) is 12.1. The van der Waals surface area contributed by atoms with Crippen molar-refractivity contribution in [3.05, 3.63) is 62.9 Å². The molecule has 0 N–H and O–H groups in total. The van der Waals surface area contributed by atoms with Crippen LogP contribution >= 0.6 is 11.6 Å². The minimum Gasteiger partial charge on any atom is -0.492 e. The van der Waals surface area contributed by atoms with Crippen LogP contribution in [0.15, 0.2) is 41.3 Å². The second kappa shape index (κ2) is 7.98. The summed E-state index contributed by atoms with van der Waals surface area (Å²) in [6.07, 6.45) is 0. The van der Waals surface area contributed by atoms with Crippen LogP contribution in [-0.2, 0) is 10.0 Å². The molecule has 0 aliphatic carbocycles. The standard InChI is InChI=1S/C16H16ClFN2O5S/c1-11-15(17)9-14(10-16(11)20(21)22)26(23,24)19(2)7-8-25-13-5-3-12(18)4-6-13/h3-6,9-10H,7-8H2,1-2H3. The first-order valence-corrected chi connectivity index (χ1v) is 9.24. The van der Waals surface area contributed by atoms with E-state index in [0.717, 1.165) is 10.4 Å². The highest BCUT2D eigenvalue weighted by molar-refractivity contribution is 7.89. The summed E-state index contributed by atoms with van der Waals surface area (Å²) < 4.78 is 44.4. The van der Waals surface area contributed by atoms with Crippen LogP contribution in [0, 0.1) is 22.9 Å². The molecular formula is C16H16ClFN2O5S. The summed E-state index contributed by atoms with van der Waals surface area (Å²) >= 11 is 5.93. The van der Waals surface area contributed by atoms with E-state index in [2.05, 4.69) is 0 Å². The molecular weight excluding hydrogens is 387 g/mol. The normalized spacial score (nSPS) is 11.6. The van der Waals surface area contributed by atoms with Crippen LogP contribution in [0.5, 0.6) is 5.75 Å². The van der Waals surface area contributed by atoms with E-state index >= 15 is 0 Å². The molecule has 0 fully saturated rings. The third-order valence-electron chi connectivity index (χ3n) is 3.68. The highest BCUT2D eigenvalue weighted by atomic mass is 35.5. The molecule has 2 aromatic rings. The van der Waals surface area contributed by atoms with E-state index in [1.54, 1.807) is 0 Å². The predicted octanol–water partition coefficient (Wildman–Crippen LogP) is 3.40. The van der Waals surface area contributed by atoms with Crippen LogP contribution < -0.4 is 4.74 Å². The van der Waals surface area contributed by atoms with E-state index in [4.69, 9.17) is 16.3 Å². The van der Waals surface area contributed by atoms with Crippen molar-refractivity contribution in [2.75, 3.05) is 20.2 Å². The molecule has 2 aromatic carbocycles. The smallest absolute Gasteiger partial charge is 0.275 e. The average molecular weight is 403 g/mol. The van der Waals surface area contributed by atoms with Crippen molar-refractivity contribution in [2.45, 2.75) is 11.8 Å². The lowest BCUT2D eigenvalue weighted by molar-refractivity contribution is -0.385. The van der Waals surface area contributed by atoms with Gasteiger partial charge in [0.05, 0.1) is 14.8 Å². The summed E-state index contributed by atoms with van der Waals surface area (Å²) in [5, 5.41) is 11.1. The molecule has 0 bridgehead atoms. The minimum absolute atomic E-state index is 0.00580. The zero-order chi connectivity index (χ0) is 19.5. The molecule has 7 nitrogen and oxygen atoms in total. The number of nitro groups is 1. The summed E-state index contributed by atoms with van der Waals surface area (Å²) in [4.78, 5) is 10.1. The Kier molecular flexibility index (Phi) is 6.17. The van der Waals surface area contributed by atoms with Crippen molar-refractivity contribution < 1.29 is 22.5 Å². The largest absolute Gasteiger partial charge is 0.492 e. The van der Waals surface area contributed by atoms with E-state index in [-0.39, 0.29) is 34.3 Å². The fourth-order valence-corrected chi connectivity index (χ4v) is 3.58. The molecule has 0 radical (unpaired) electrons. The molecule has 0 atom stereocenters. The third-order valence-corrected chi connectivity index (χ3v) is 5.91. The maximum absolute atomic E-state index is 12.8. The molecule has 0 spiro atoms. The van der Waals surface area contributed by atoms with Gasteiger partial charge in [0.15, 0.2) is 0 Å². The second-order valence-corrected chi connectivity index (χ2v) is 7.89. The lowest BCUT2D eigenvalue weighted by Gasteiger charge is -2.18. The van der Waals surface area contributed by atoms with Crippen LogP contribution in [0.4, 0.5) is 10.1 Å². The number of nitro benzene ring substituents is 1. The maximum atomic E-state index is 12.8. The molecule has 0 aliphatic heterocycles. The van der Waals surface area contributed by atoms with Gasteiger partial charge in [-0.2, -0.15) is 4.31 Å². The molecule has 0 aliphatic rings. The fourth-order valence-electron chi connectivity index (χ4n) is 2.10. The van der Waals surface area contributed by atoms with Gasteiger partial charge in [0, 0.05) is 25.2 Å². The van der Waals surface area contributed by atoms with Gasteiger partial charge in [-0.3, -0.25) is 10.1 Å². The number of likely N-dealkylation sites (N-methyl/N-ethyl adjacent to an activating group) is 1.